The van der Waals surface area contributed by atoms with Gasteiger partial charge in [0.25, 0.3) is 0 Å². The predicted octanol–water partition coefficient (Wildman–Crippen LogP) is 3.33. The van der Waals surface area contributed by atoms with Crippen LogP contribution >= 0.6 is 0 Å². The molecule has 0 spiro atoms. The third-order valence-corrected chi connectivity index (χ3v) is 10.7. The van der Waals surface area contributed by atoms with Crippen LogP contribution in [0.1, 0.15) is 77.2 Å². The summed E-state index contributed by atoms with van der Waals surface area (Å²) in [6.07, 6.45) is 11.2. The third kappa shape index (κ3) is 3.02. The molecule has 5 rings (SSSR count). The summed E-state index contributed by atoms with van der Waals surface area (Å²) in [4.78, 5) is 0. The highest BCUT2D eigenvalue weighted by Gasteiger charge is 2.72. The molecule has 4 aliphatic rings. The van der Waals surface area contributed by atoms with E-state index in [9.17, 15) is 15.3 Å². The number of hydrogen-bond donors (Lipinski definition) is 4. The second kappa shape index (κ2) is 7.81. The maximum Gasteiger partial charge on any atom is 0.101 e. The van der Waals surface area contributed by atoms with Gasteiger partial charge >= 0.3 is 0 Å². The summed E-state index contributed by atoms with van der Waals surface area (Å²) >= 11 is 0. The summed E-state index contributed by atoms with van der Waals surface area (Å²) in [5.41, 5.74) is 4.09. The molecule has 1 aromatic rings. The number of ether oxygens (including phenoxy) is 1. The van der Waals surface area contributed by atoms with E-state index in [0.29, 0.717) is 31.3 Å². The van der Waals surface area contributed by atoms with Gasteiger partial charge in [-0.25, -0.2) is 0 Å². The zero-order valence-corrected chi connectivity index (χ0v) is 19.6. The first-order chi connectivity index (χ1) is 15.2. The molecule has 3 unspecified atom stereocenters. The Kier molecular flexibility index (Phi) is 5.58. The number of furan rings is 1. The van der Waals surface area contributed by atoms with Crippen LogP contribution in [0.5, 0.6) is 0 Å². The number of aliphatic hydroxyl groups is 3. The van der Waals surface area contributed by atoms with Crippen molar-refractivity contribution in [2.75, 3.05) is 13.2 Å². The number of rotatable bonds is 5. The first-order valence-electron chi connectivity index (χ1n) is 12.6. The lowest BCUT2D eigenvalue weighted by Gasteiger charge is -2.64. The van der Waals surface area contributed by atoms with Crippen molar-refractivity contribution in [3.63, 3.8) is 0 Å². The van der Waals surface area contributed by atoms with E-state index < -0.39 is 22.7 Å². The van der Waals surface area contributed by atoms with E-state index in [4.69, 9.17) is 14.9 Å². The predicted molar refractivity (Wildman–Crippen MR) is 121 cm³/mol. The summed E-state index contributed by atoms with van der Waals surface area (Å²) in [5, 5.41) is 33.9. The topological polar surface area (TPSA) is 109 Å². The fraction of sp³-hybridized carbons (Fsp3) is 0.846. The second-order valence-corrected chi connectivity index (χ2v) is 11.8. The van der Waals surface area contributed by atoms with Crippen molar-refractivity contribution in [2.45, 2.75) is 95.0 Å². The van der Waals surface area contributed by atoms with Crippen molar-refractivity contribution in [2.24, 2.45) is 34.3 Å². The van der Waals surface area contributed by atoms with Crippen LogP contribution < -0.4 is 5.73 Å². The van der Waals surface area contributed by atoms with Crippen molar-refractivity contribution in [1.82, 2.24) is 0 Å². The van der Waals surface area contributed by atoms with E-state index in [1.165, 1.54) is 0 Å². The van der Waals surface area contributed by atoms with Gasteiger partial charge in [-0.05, 0) is 87.0 Å². The maximum atomic E-state index is 12.3. The summed E-state index contributed by atoms with van der Waals surface area (Å²) in [6, 6.07) is 1.87. The Labute approximate surface area is 191 Å². The molecule has 4 saturated carbocycles. The van der Waals surface area contributed by atoms with E-state index in [0.717, 1.165) is 50.5 Å². The van der Waals surface area contributed by atoms with Gasteiger partial charge in [-0.3, -0.25) is 0 Å². The molecule has 180 valence electrons. The lowest BCUT2D eigenvalue weighted by molar-refractivity contribution is -0.239. The molecular weight excluding hydrogens is 406 g/mol. The monoisotopic (exact) mass is 447 g/mol. The first kappa shape index (κ1) is 22.9. The van der Waals surface area contributed by atoms with Crippen LogP contribution in [0.3, 0.4) is 0 Å². The molecule has 4 aliphatic carbocycles. The molecule has 6 heteroatoms. The summed E-state index contributed by atoms with van der Waals surface area (Å²) in [5.74, 6) is 1.28. The molecule has 6 nitrogen and oxygen atoms in total. The Balaban J connectivity index is 1.36. The van der Waals surface area contributed by atoms with Gasteiger partial charge in [0.05, 0.1) is 36.9 Å². The third-order valence-electron chi connectivity index (χ3n) is 10.7. The van der Waals surface area contributed by atoms with E-state index >= 15 is 0 Å². The van der Waals surface area contributed by atoms with Crippen LogP contribution in [0.2, 0.25) is 0 Å². The molecule has 0 aromatic carbocycles. The molecule has 0 amide bonds. The molecular formula is C26H41NO5. The first-order valence-corrected chi connectivity index (χ1v) is 12.6. The smallest absolute Gasteiger partial charge is 0.101 e. The highest BCUT2D eigenvalue weighted by molar-refractivity contribution is 5.30. The van der Waals surface area contributed by atoms with Crippen LogP contribution in [0.4, 0.5) is 0 Å². The van der Waals surface area contributed by atoms with Gasteiger partial charge in [-0.2, -0.15) is 0 Å². The van der Waals surface area contributed by atoms with E-state index in [1.807, 2.05) is 6.07 Å². The second-order valence-electron chi connectivity index (χ2n) is 11.8. The zero-order valence-electron chi connectivity index (χ0n) is 19.6. The largest absolute Gasteiger partial charge is 0.472 e. The Hall–Kier alpha value is -0.920. The van der Waals surface area contributed by atoms with Crippen LogP contribution in [0.15, 0.2) is 23.0 Å². The van der Waals surface area contributed by atoms with E-state index in [1.54, 1.807) is 12.5 Å². The highest BCUT2D eigenvalue weighted by atomic mass is 16.5. The van der Waals surface area contributed by atoms with Gasteiger partial charge in [0.15, 0.2) is 0 Å². The minimum absolute atomic E-state index is 0.195. The molecule has 9 atom stereocenters. The normalized spacial score (nSPS) is 49.2. The van der Waals surface area contributed by atoms with Crippen LogP contribution in [0.25, 0.3) is 0 Å². The van der Waals surface area contributed by atoms with E-state index in [-0.39, 0.29) is 24.0 Å². The Bertz CT molecular complexity index is 815. The standard InChI is InChI=1S/C26H41NO5/c1-23-8-5-20(32-16-19(28)14-27)13-17(23)3-4-22-21(23)6-9-24(2)25(29,10-11-26(22,24)30)18-7-12-31-15-18/h7,12,15,17,19-22,28-30H,3-6,8-11,13-14,16,27H2,1-2H3/t17-,19?,20+,21?,22?,23+,24-,25+,26+/m1/s1. The van der Waals surface area contributed by atoms with Crippen molar-refractivity contribution < 1.29 is 24.5 Å². The van der Waals surface area contributed by atoms with Gasteiger partial charge in [0.1, 0.15) is 5.60 Å². The zero-order chi connectivity index (χ0) is 22.8. The minimum atomic E-state index is -1.03. The van der Waals surface area contributed by atoms with Gasteiger partial charge < -0.3 is 30.2 Å². The maximum absolute atomic E-state index is 12.3. The number of aliphatic hydroxyl groups excluding tert-OH is 1. The number of hydrogen-bond acceptors (Lipinski definition) is 6. The number of nitrogens with two attached hydrogens (primary N) is 1. The van der Waals surface area contributed by atoms with Crippen LogP contribution in [-0.2, 0) is 10.3 Å². The lowest BCUT2D eigenvalue weighted by atomic mass is 9.43. The summed E-state index contributed by atoms with van der Waals surface area (Å²) in [7, 11) is 0. The molecule has 32 heavy (non-hydrogen) atoms. The molecule has 0 bridgehead atoms. The number of fused-ring (bicyclic) bond motifs is 5. The van der Waals surface area contributed by atoms with Gasteiger partial charge in [-0.15, -0.1) is 0 Å². The minimum Gasteiger partial charge on any atom is -0.472 e. The molecule has 0 aliphatic heterocycles. The average molecular weight is 448 g/mol. The quantitative estimate of drug-likeness (QED) is 0.551. The summed E-state index contributed by atoms with van der Waals surface area (Å²) < 4.78 is 11.3. The fourth-order valence-corrected chi connectivity index (χ4v) is 8.63. The molecule has 0 saturated heterocycles. The summed E-state index contributed by atoms with van der Waals surface area (Å²) in [6.45, 7) is 5.12. The molecule has 1 aromatic heterocycles. The molecule has 4 fully saturated rings. The Morgan fingerprint density at radius 2 is 1.91 bits per heavy atom. The average Bonchev–Trinajstić information content (AvgIpc) is 3.39. The van der Waals surface area contributed by atoms with E-state index in [2.05, 4.69) is 13.8 Å². The molecule has 0 radical (unpaired) electrons. The van der Waals surface area contributed by atoms with Crippen molar-refractivity contribution in [3.8, 4) is 0 Å². The molecule has 1 heterocycles. The van der Waals surface area contributed by atoms with Crippen molar-refractivity contribution in [1.29, 1.82) is 0 Å². The Morgan fingerprint density at radius 3 is 2.62 bits per heavy atom. The lowest BCUT2D eigenvalue weighted by Crippen LogP contribution is -2.64. The SMILES string of the molecule is C[C@]12CCC3C(CC[C@@H]4C[C@@H](OCC(O)CN)CC[C@]34C)[C@@]1(O)CC[C@]2(O)c1ccoc1. The Morgan fingerprint density at radius 1 is 1.09 bits per heavy atom. The van der Waals surface area contributed by atoms with Crippen LogP contribution in [-0.4, -0.2) is 46.3 Å². The van der Waals surface area contributed by atoms with Gasteiger partial charge in [0, 0.05) is 17.5 Å². The van der Waals surface area contributed by atoms with Crippen LogP contribution in [0, 0.1) is 28.6 Å². The molecule has 5 N–H and O–H groups in total. The van der Waals surface area contributed by atoms with Crippen molar-refractivity contribution >= 4 is 0 Å². The fourth-order valence-electron chi connectivity index (χ4n) is 8.63. The highest BCUT2D eigenvalue weighted by Crippen LogP contribution is 2.71. The van der Waals surface area contributed by atoms with Gasteiger partial charge in [0.2, 0.25) is 0 Å². The van der Waals surface area contributed by atoms with Gasteiger partial charge in [-0.1, -0.05) is 13.8 Å². The van der Waals surface area contributed by atoms with Crippen molar-refractivity contribution in [3.05, 3.63) is 24.2 Å².